The quantitative estimate of drug-likeness (QED) is 0.738. The molecule has 25 heavy (non-hydrogen) atoms. The van der Waals surface area contributed by atoms with E-state index in [0.717, 1.165) is 25.7 Å². The van der Waals surface area contributed by atoms with E-state index in [4.69, 9.17) is 4.74 Å². The number of alkyl carbamates (subject to hydrolysis) is 1. The summed E-state index contributed by atoms with van der Waals surface area (Å²) in [4.78, 5) is 12.4. The Kier molecular flexibility index (Phi) is 4.55. The molecule has 2 bridgehead atoms. The first kappa shape index (κ1) is 18.5. The minimum Gasteiger partial charge on any atom is -0.446 e. The summed E-state index contributed by atoms with van der Waals surface area (Å²) < 4.78 is 5.81. The molecule has 1 amide bonds. The molecule has 0 saturated heterocycles. The molecule has 0 aromatic carbocycles. The summed E-state index contributed by atoms with van der Waals surface area (Å²) in [5.74, 6) is 0.564. The third kappa shape index (κ3) is 2.64. The second-order valence-corrected chi connectivity index (χ2v) is 9.11. The second kappa shape index (κ2) is 6.15. The molecule has 0 aromatic rings. The number of fused-ring (bicyclic) bond motifs is 2. The van der Waals surface area contributed by atoms with Crippen LogP contribution in [0.3, 0.4) is 0 Å². The van der Waals surface area contributed by atoms with Crippen molar-refractivity contribution in [1.29, 1.82) is 0 Å². The van der Waals surface area contributed by atoms with Crippen LogP contribution in [-0.4, -0.2) is 29.4 Å². The number of rotatable bonds is 5. The summed E-state index contributed by atoms with van der Waals surface area (Å²) in [7, 11) is 0. The summed E-state index contributed by atoms with van der Waals surface area (Å²) in [5.41, 5.74) is -0.754. The van der Waals surface area contributed by atoms with E-state index in [2.05, 4.69) is 39.2 Å². The predicted molar refractivity (Wildman–Crippen MR) is 99.1 cm³/mol. The van der Waals surface area contributed by atoms with Crippen molar-refractivity contribution in [2.45, 2.75) is 64.6 Å². The van der Waals surface area contributed by atoms with Gasteiger partial charge in [0.15, 0.2) is 0 Å². The van der Waals surface area contributed by atoms with Gasteiger partial charge in [-0.1, -0.05) is 32.9 Å². The molecule has 0 aromatic heterocycles. The van der Waals surface area contributed by atoms with Crippen LogP contribution in [0.4, 0.5) is 4.79 Å². The fourth-order valence-electron chi connectivity index (χ4n) is 5.73. The standard InChI is InChI=1S/C21H33NO3/c1-6-14-8-9-15(7-2)21(14,24)13-22-18(23)25-17-12-16-10-11-20(17,5)19(16,3)4/h6-7,14-17,24H,1-2,8-13H2,3-5H3,(H,22,23). The maximum Gasteiger partial charge on any atom is 0.407 e. The highest BCUT2D eigenvalue weighted by Crippen LogP contribution is 2.66. The van der Waals surface area contributed by atoms with Crippen LogP contribution in [0.2, 0.25) is 0 Å². The van der Waals surface area contributed by atoms with Crippen LogP contribution in [-0.2, 0) is 4.74 Å². The van der Waals surface area contributed by atoms with E-state index in [1.807, 2.05) is 0 Å². The number of amides is 1. The molecule has 4 nitrogen and oxygen atoms in total. The van der Waals surface area contributed by atoms with Gasteiger partial charge >= 0.3 is 6.09 Å². The molecular weight excluding hydrogens is 314 g/mol. The molecule has 0 radical (unpaired) electrons. The molecule has 140 valence electrons. The van der Waals surface area contributed by atoms with Crippen molar-refractivity contribution in [3.8, 4) is 0 Å². The first-order valence-corrected chi connectivity index (χ1v) is 9.61. The van der Waals surface area contributed by atoms with Gasteiger partial charge in [-0.25, -0.2) is 4.79 Å². The molecule has 4 heteroatoms. The van der Waals surface area contributed by atoms with Gasteiger partial charge in [-0.3, -0.25) is 0 Å². The maximum absolute atomic E-state index is 12.4. The number of ether oxygens (including phenoxy) is 1. The van der Waals surface area contributed by atoms with Gasteiger partial charge in [0.05, 0.1) is 12.1 Å². The van der Waals surface area contributed by atoms with Gasteiger partial charge in [0.25, 0.3) is 0 Å². The Labute approximate surface area is 151 Å². The Morgan fingerprint density at radius 3 is 2.24 bits per heavy atom. The molecule has 5 unspecified atom stereocenters. The van der Waals surface area contributed by atoms with E-state index in [9.17, 15) is 9.90 Å². The summed E-state index contributed by atoms with van der Waals surface area (Å²) >= 11 is 0. The lowest BCUT2D eigenvalue weighted by molar-refractivity contribution is -0.0212. The molecule has 2 N–H and O–H groups in total. The topological polar surface area (TPSA) is 58.6 Å². The Morgan fingerprint density at radius 2 is 1.80 bits per heavy atom. The molecule has 3 rings (SSSR count). The largest absolute Gasteiger partial charge is 0.446 e. The van der Waals surface area contributed by atoms with Crippen LogP contribution < -0.4 is 5.32 Å². The van der Waals surface area contributed by atoms with Gasteiger partial charge < -0.3 is 15.2 Å². The van der Waals surface area contributed by atoms with Gasteiger partial charge in [-0.15, -0.1) is 13.2 Å². The third-order valence-electron chi connectivity index (χ3n) is 8.12. The van der Waals surface area contributed by atoms with Gasteiger partial charge in [0.2, 0.25) is 0 Å². The Balaban J connectivity index is 1.60. The summed E-state index contributed by atoms with van der Waals surface area (Å²) in [5, 5.41) is 13.9. The molecule has 3 aliphatic rings. The monoisotopic (exact) mass is 347 g/mol. The fourth-order valence-corrected chi connectivity index (χ4v) is 5.73. The normalized spacial score (nSPS) is 44.5. The van der Waals surface area contributed by atoms with Crippen LogP contribution in [0, 0.1) is 28.6 Å². The van der Waals surface area contributed by atoms with Crippen LogP contribution in [0.1, 0.15) is 52.9 Å². The van der Waals surface area contributed by atoms with E-state index in [0.29, 0.717) is 5.92 Å². The number of hydrogen-bond acceptors (Lipinski definition) is 3. The zero-order valence-electron chi connectivity index (χ0n) is 15.9. The van der Waals surface area contributed by atoms with Gasteiger partial charge in [-0.2, -0.15) is 0 Å². The first-order valence-electron chi connectivity index (χ1n) is 9.61. The van der Waals surface area contributed by atoms with E-state index >= 15 is 0 Å². The molecule has 0 aliphatic heterocycles. The van der Waals surface area contributed by atoms with Crippen molar-refractivity contribution >= 4 is 6.09 Å². The first-order chi connectivity index (χ1) is 11.7. The average molecular weight is 347 g/mol. The predicted octanol–water partition coefficient (Wildman–Crippen LogP) is 4.06. The van der Waals surface area contributed by atoms with E-state index in [-0.39, 0.29) is 35.3 Å². The highest BCUT2D eigenvalue weighted by Gasteiger charge is 2.63. The number of aliphatic hydroxyl groups is 1. The summed E-state index contributed by atoms with van der Waals surface area (Å²) in [6.45, 7) is 14.7. The number of carbonyl (C=O) groups excluding carboxylic acids is 1. The zero-order valence-corrected chi connectivity index (χ0v) is 15.9. The fraction of sp³-hybridized carbons (Fsp3) is 0.762. The van der Waals surface area contributed by atoms with Crippen molar-refractivity contribution < 1.29 is 14.6 Å². The molecule has 0 heterocycles. The molecule has 5 atom stereocenters. The Bertz CT molecular complexity index is 553. The maximum atomic E-state index is 12.4. The lowest BCUT2D eigenvalue weighted by Gasteiger charge is -2.38. The van der Waals surface area contributed by atoms with Gasteiger partial charge in [0.1, 0.15) is 6.10 Å². The smallest absolute Gasteiger partial charge is 0.407 e. The van der Waals surface area contributed by atoms with E-state index < -0.39 is 11.7 Å². The molecular formula is C21H33NO3. The lowest BCUT2D eigenvalue weighted by Crippen LogP contribution is -2.50. The number of carbonyl (C=O) groups is 1. The second-order valence-electron chi connectivity index (χ2n) is 9.11. The number of hydrogen-bond donors (Lipinski definition) is 2. The lowest BCUT2D eigenvalue weighted by atomic mass is 9.70. The van der Waals surface area contributed by atoms with Crippen LogP contribution in [0.25, 0.3) is 0 Å². The average Bonchev–Trinajstić information content (AvgIpc) is 3.07. The van der Waals surface area contributed by atoms with Crippen molar-refractivity contribution in [2.75, 3.05) is 6.54 Å². The van der Waals surface area contributed by atoms with Crippen LogP contribution >= 0.6 is 0 Å². The minimum atomic E-state index is -1.01. The van der Waals surface area contributed by atoms with Crippen LogP contribution in [0.15, 0.2) is 25.3 Å². The Hall–Kier alpha value is -1.29. The summed E-state index contributed by atoms with van der Waals surface area (Å²) in [6, 6.07) is 0. The van der Waals surface area contributed by atoms with Gasteiger partial charge in [-0.05, 0) is 43.4 Å². The van der Waals surface area contributed by atoms with Crippen molar-refractivity contribution in [3.05, 3.63) is 25.3 Å². The zero-order chi connectivity index (χ0) is 18.5. The van der Waals surface area contributed by atoms with Gasteiger partial charge in [0, 0.05) is 17.3 Å². The third-order valence-corrected chi connectivity index (χ3v) is 8.12. The Morgan fingerprint density at radius 1 is 1.20 bits per heavy atom. The molecule has 0 spiro atoms. The van der Waals surface area contributed by atoms with Crippen molar-refractivity contribution in [3.63, 3.8) is 0 Å². The molecule has 3 saturated carbocycles. The SMILES string of the molecule is C=CC1CCC(C=C)C1(O)CNC(=O)OC1CC2CCC1(C)C2(C)C. The summed E-state index contributed by atoms with van der Waals surface area (Å²) in [6.07, 6.45) is 8.15. The molecule has 3 fully saturated rings. The van der Waals surface area contributed by atoms with Crippen molar-refractivity contribution in [1.82, 2.24) is 5.32 Å². The molecule has 3 aliphatic carbocycles. The van der Waals surface area contributed by atoms with Crippen molar-refractivity contribution in [2.24, 2.45) is 28.6 Å². The highest BCUT2D eigenvalue weighted by atomic mass is 16.6. The minimum absolute atomic E-state index is 0.0326. The van der Waals surface area contributed by atoms with E-state index in [1.165, 1.54) is 6.42 Å². The van der Waals surface area contributed by atoms with Crippen LogP contribution in [0.5, 0.6) is 0 Å². The highest BCUT2D eigenvalue weighted by molar-refractivity contribution is 5.67. The van der Waals surface area contributed by atoms with E-state index in [1.54, 1.807) is 12.2 Å². The number of nitrogens with one attached hydrogen (secondary N) is 1.